The summed E-state index contributed by atoms with van der Waals surface area (Å²) < 4.78 is 20.5. The number of hydrogen-bond donors (Lipinski definition) is 2. The summed E-state index contributed by atoms with van der Waals surface area (Å²) >= 11 is 0. The van der Waals surface area contributed by atoms with E-state index in [1.165, 1.54) is 13.1 Å². The van der Waals surface area contributed by atoms with E-state index in [0.29, 0.717) is 45.8 Å². The number of nitrogens with two attached hydrogens (primary N) is 1. The lowest BCUT2D eigenvalue weighted by molar-refractivity contribution is 0.0984. The van der Waals surface area contributed by atoms with Crippen molar-refractivity contribution in [2.75, 3.05) is 10.2 Å². The summed E-state index contributed by atoms with van der Waals surface area (Å²) in [5.74, 6) is -2.19. The van der Waals surface area contributed by atoms with Gasteiger partial charge in [-0.2, -0.15) is 4.74 Å². The highest BCUT2D eigenvalue weighted by molar-refractivity contribution is 6.15. The number of carbonyl (C=O) groups excluding carboxylic acids is 3. The van der Waals surface area contributed by atoms with E-state index in [9.17, 15) is 23.6 Å². The van der Waals surface area contributed by atoms with E-state index in [0.717, 1.165) is 16.9 Å². The van der Waals surface area contributed by atoms with E-state index >= 15 is 0 Å². The molecular formula is C34H42FN5O5. The van der Waals surface area contributed by atoms with Gasteiger partial charge >= 0.3 is 0 Å². The van der Waals surface area contributed by atoms with Gasteiger partial charge in [0.05, 0.1) is 17.2 Å². The molecule has 0 spiro atoms. The van der Waals surface area contributed by atoms with Crippen molar-refractivity contribution in [3.63, 3.8) is 0 Å². The maximum absolute atomic E-state index is 13.9. The molecule has 0 fully saturated rings. The Kier molecular flexibility index (Phi) is 12.1. The molecule has 3 N–H and O–H groups in total. The molecule has 1 aliphatic rings. The molecule has 1 unspecified atom stereocenters. The van der Waals surface area contributed by atoms with E-state index in [1.54, 1.807) is 49.1 Å². The fraction of sp³-hybridized carbons (Fsp3) is 0.324. The van der Waals surface area contributed by atoms with Crippen LogP contribution < -0.4 is 21.5 Å². The average Bonchev–Trinajstić information content (AvgIpc) is 3.45. The number of carbonyl (C=O) groups is 3. The van der Waals surface area contributed by atoms with Gasteiger partial charge in [-0.1, -0.05) is 54.2 Å². The number of aromatic nitrogens is 2. The molecular weight excluding hydrogens is 577 g/mol. The van der Waals surface area contributed by atoms with Crippen LogP contribution in [0, 0.1) is 19.7 Å². The second-order valence-electron chi connectivity index (χ2n) is 9.56. The Balaban J connectivity index is 0.00000136. The van der Waals surface area contributed by atoms with Crippen LogP contribution in [0.2, 0.25) is 0 Å². The van der Waals surface area contributed by atoms with Crippen molar-refractivity contribution in [1.29, 1.82) is 0 Å². The molecule has 3 heterocycles. The van der Waals surface area contributed by atoms with Gasteiger partial charge in [-0.05, 0) is 62.2 Å². The summed E-state index contributed by atoms with van der Waals surface area (Å²) in [6, 6.07) is 11.6. The fourth-order valence-corrected chi connectivity index (χ4v) is 5.15. The van der Waals surface area contributed by atoms with Crippen molar-refractivity contribution in [3.05, 3.63) is 98.5 Å². The number of pyridine rings is 1. The standard InChI is InChI=1S/C29H26FN5O5.2C2H6.CH4/c1-5-22-24-20(12-14(2)32-25(24)27(37)33-17-8-11-21(30)19(13-17)26(31)36)28(38)35(22)18-9-6-16(7-10-18)23-15(3)40-34(4)29(23)39;2*1-2;/h6-13,22H,5H2,1-4H3,(H2,31,36)(H,33,37);2*1-2H3;1H4. The molecule has 5 rings (SSSR count). The van der Waals surface area contributed by atoms with Crippen LogP contribution >= 0.6 is 0 Å². The lowest BCUT2D eigenvalue weighted by Crippen LogP contribution is -2.28. The van der Waals surface area contributed by atoms with Gasteiger partial charge < -0.3 is 20.5 Å². The van der Waals surface area contributed by atoms with Crippen molar-refractivity contribution in [1.82, 2.24) is 9.72 Å². The molecule has 0 saturated carbocycles. The number of rotatable bonds is 6. The third-order valence-corrected chi connectivity index (χ3v) is 6.93. The number of nitrogens with zero attached hydrogens (tertiary/aromatic N) is 3. The van der Waals surface area contributed by atoms with Gasteiger partial charge in [0.1, 0.15) is 17.3 Å². The maximum atomic E-state index is 13.9. The lowest BCUT2D eigenvalue weighted by Gasteiger charge is -2.25. The summed E-state index contributed by atoms with van der Waals surface area (Å²) in [7, 11) is 1.54. The molecule has 0 saturated heterocycles. The second kappa shape index (κ2) is 15.1. The number of primary amides is 1. The van der Waals surface area contributed by atoms with Crippen LogP contribution in [-0.2, 0) is 7.05 Å². The summed E-state index contributed by atoms with van der Waals surface area (Å²) in [4.78, 5) is 57.2. The average molecular weight is 620 g/mol. The molecule has 0 bridgehead atoms. The van der Waals surface area contributed by atoms with Crippen molar-refractivity contribution >= 4 is 29.1 Å². The fourth-order valence-electron chi connectivity index (χ4n) is 5.15. The molecule has 2 aromatic carbocycles. The molecule has 0 aliphatic carbocycles. The summed E-state index contributed by atoms with van der Waals surface area (Å²) in [5, 5.41) is 2.64. The Bertz CT molecular complexity index is 1760. The van der Waals surface area contributed by atoms with Crippen LogP contribution in [0.5, 0.6) is 0 Å². The highest BCUT2D eigenvalue weighted by Gasteiger charge is 2.40. The highest BCUT2D eigenvalue weighted by Crippen LogP contribution is 2.41. The number of halogens is 1. The predicted octanol–water partition coefficient (Wildman–Crippen LogP) is 6.95. The first kappa shape index (κ1) is 36.1. The van der Waals surface area contributed by atoms with E-state index < -0.39 is 23.7 Å². The Hall–Kier alpha value is -5.06. The van der Waals surface area contributed by atoms with Crippen LogP contribution in [0.3, 0.4) is 0 Å². The highest BCUT2D eigenvalue weighted by atomic mass is 19.1. The summed E-state index contributed by atoms with van der Waals surface area (Å²) in [6.07, 6.45) is 0.481. The molecule has 3 amide bonds. The Morgan fingerprint density at radius 3 is 2.18 bits per heavy atom. The Labute approximate surface area is 263 Å². The van der Waals surface area contributed by atoms with E-state index in [2.05, 4.69) is 10.3 Å². The zero-order valence-electron chi connectivity index (χ0n) is 26.2. The van der Waals surface area contributed by atoms with Crippen LogP contribution in [0.1, 0.15) is 103 Å². The van der Waals surface area contributed by atoms with Crippen LogP contribution in [0.15, 0.2) is 57.8 Å². The molecule has 45 heavy (non-hydrogen) atoms. The molecule has 0 radical (unpaired) electrons. The van der Waals surface area contributed by atoms with Gasteiger partial charge in [0.25, 0.3) is 23.3 Å². The van der Waals surface area contributed by atoms with Crippen molar-refractivity contribution < 1.29 is 23.3 Å². The minimum absolute atomic E-state index is 0. The third-order valence-electron chi connectivity index (χ3n) is 6.93. The number of benzene rings is 2. The van der Waals surface area contributed by atoms with Gasteiger partial charge in [-0.15, -0.1) is 0 Å². The second-order valence-corrected chi connectivity index (χ2v) is 9.56. The third kappa shape index (κ3) is 6.87. The molecule has 10 nitrogen and oxygen atoms in total. The Morgan fingerprint density at radius 2 is 1.64 bits per heavy atom. The van der Waals surface area contributed by atoms with Crippen LogP contribution in [0.4, 0.5) is 15.8 Å². The SMILES string of the molecule is C.CC.CC.CCC1c2c(cc(C)nc2C(=O)Nc2ccc(F)c(C(N)=O)c2)C(=O)N1c1ccc(-c2c(C)on(C)c2=O)cc1. The Morgan fingerprint density at radius 1 is 1.02 bits per heavy atom. The van der Waals surface area contributed by atoms with Crippen molar-refractivity contribution in [3.8, 4) is 11.1 Å². The minimum atomic E-state index is -0.968. The summed E-state index contributed by atoms with van der Waals surface area (Å²) in [5.41, 5.74) is 7.78. The molecule has 2 aromatic heterocycles. The first-order chi connectivity index (χ1) is 21.0. The topological polar surface area (TPSA) is 141 Å². The monoisotopic (exact) mass is 619 g/mol. The van der Waals surface area contributed by atoms with Crippen LogP contribution in [0.25, 0.3) is 11.1 Å². The molecule has 4 aromatic rings. The predicted molar refractivity (Wildman–Crippen MR) is 175 cm³/mol. The van der Waals surface area contributed by atoms with E-state index in [1.807, 2.05) is 34.6 Å². The van der Waals surface area contributed by atoms with Crippen LogP contribution in [-0.4, -0.2) is 27.4 Å². The number of hydrogen-bond acceptors (Lipinski definition) is 6. The smallest absolute Gasteiger partial charge is 0.290 e. The normalized spacial score (nSPS) is 13.0. The van der Waals surface area contributed by atoms with Gasteiger partial charge in [-0.25, -0.2) is 9.37 Å². The molecule has 11 heteroatoms. The quantitative estimate of drug-likeness (QED) is 0.239. The zero-order valence-corrected chi connectivity index (χ0v) is 26.2. The van der Waals surface area contributed by atoms with Crippen molar-refractivity contribution in [2.24, 2.45) is 12.8 Å². The number of nitrogens with one attached hydrogen (secondary N) is 1. The number of anilines is 2. The lowest BCUT2D eigenvalue weighted by atomic mass is 9.99. The first-order valence-corrected chi connectivity index (χ1v) is 14.5. The number of fused-ring (bicyclic) bond motifs is 1. The number of amides is 3. The van der Waals surface area contributed by atoms with Gasteiger partial charge in [-0.3, -0.25) is 19.2 Å². The van der Waals surface area contributed by atoms with Gasteiger partial charge in [0.2, 0.25) is 0 Å². The number of aryl methyl sites for hydroxylation is 3. The minimum Gasteiger partial charge on any atom is -0.381 e. The van der Waals surface area contributed by atoms with E-state index in [-0.39, 0.29) is 35.8 Å². The molecule has 1 atom stereocenters. The van der Waals surface area contributed by atoms with Gasteiger partial charge in [0, 0.05) is 35.2 Å². The maximum Gasteiger partial charge on any atom is 0.290 e. The first-order valence-electron chi connectivity index (χ1n) is 14.5. The van der Waals surface area contributed by atoms with Gasteiger partial charge in [0.15, 0.2) is 0 Å². The summed E-state index contributed by atoms with van der Waals surface area (Å²) in [6.45, 7) is 13.3. The van der Waals surface area contributed by atoms with Crippen molar-refractivity contribution in [2.45, 2.75) is 68.4 Å². The van der Waals surface area contributed by atoms with E-state index in [4.69, 9.17) is 10.3 Å². The molecule has 240 valence electrons. The zero-order chi connectivity index (χ0) is 32.9. The molecule has 1 aliphatic heterocycles. The largest absolute Gasteiger partial charge is 0.381 e.